The Morgan fingerprint density at radius 2 is 1.89 bits per heavy atom. The van der Waals surface area contributed by atoms with Crippen LogP contribution in [0.25, 0.3) is 22.4 Å². The number of benzene rings is 1. The average molecular weight is 403 g/mol. The third-order valence-corrected chi connectivity index (χ3v) is 5.66. The minimum atomic E-state index is -0.316. The van der Waals surface area contributed by atoms with Gasteiger partial charge in [0.05, 0.1) is 22.3 Å². The van der Waals surface area contributed by atoms with Gasteiger partial charge >= 0.3 is 0 Å². The molecule has 2 atom stereocenters. The van der Waals surface area contributed by atoms with Gasteiger partial charge in [-0.3, -0.25) is 4.79 Å². The maximum atomic E-state index is 13.3. The second kappa shape index (κ2) is 7.14. The number of aromatic nitrogens is 2. The monoisotopic (exact) mass is 402 g/mol. The van der Waals surface area contributed by atoms with E-state index in [0.29, 0.717) is 39.9 Å². The zero-order chi connectivity index (χ0) is 18.5. The Morgan fingerprint density at radius 1 is 1.21 bits per heavy atom. The van der Waals surface area contributed by atoms with Crippen molar-refractivity contribution >= 4 is 29.4 Å². The van der Waals surface area contributed by atoms with E-state index < -0.39 is 0 Å². The molecule has 0 saturated carbocycles. The van der Waals surface area contributed by atoms with Crippen LogP contribution in [0.3, 0.4) is 0 Å². The normalized spacial score (nSPS) is 21.0. The van der Waals surface area contributed by atoms with Crippen LogP contribution in [-0.2, 0) is 0 Å². The minimum absolute atomic E-state index is 0. The van der Waals surface area contributed by atoms with Crippen molar-refractivity contribution in [3.8, 4) is 11.3 Å². The molecule has 4 heterocycles. The van der Waals surface area contributed by atoms with Crippen LogP contribution in [0.2, 0.25) is 0 Å². The van der Waals surface area contributed by atoms with Crippen molar-refractivity contribution in [2.24, 2.45) is 11.8 Å². The number of nitrogens with one attached hydrogen (secondary N) is 1. The van der Waals surface area contributed by atoms with Gasteiger partial charge < -0.3 is 14.7 Å². The highest BCUT2D eigenvalue weighted by molar-refractivity contribution is 6.07. The molecule has 146 valence electrons. The molecule has 0 radical (unpaired) electrons. The minimum Gasteiger partial charge on any atom is -0.338 e. The number of fused-ring (bicyclic) bond motifs is 2. The maximum Gasteiger partial charge on any atom is 0.259 e. The van der Waals surface area contributed by atoms with E-state index in [1.165, 1.54) is 12.1 Å². The Hall–Kier alpha value is -2.51. The summed E-state index contributed by atoms with van der Waals surface area (Å²) in [5, 5.41) is 8.04. The first-order chi connectivity index (χ1) is 13.1. The van der Waals surface area contributed by atoms with Crippen LogP contribution in [0.15, 0.2) is 34.9 Å². The van der Waals surface area contributed by atoms with Gasteiger partial charge in [0.2, 0.25) is 0 Å². The van der Waals surface area contributed by atoms with E-state index in [1.807, 2.05) is 11.8 Å². The second-order valence-electron chi connectivity index (χ2n) is 7.40. The lowest BCUT2D eigenvalue weighted by Crippen LogP contribution is -2.32. The number of amides is 1. The fraction of sp³-hybridized carbons (Fsp3) is 0.350. The van der Waals surface area contributed by atoms with E-state index in [0.717, 1.165) is 31.7 Å². The predicted molar refractivity (Wildman–Crippen MR) is 105 cm³/mol. The number of hydrogen-bond acceptors (Lipinski definition) is 5. The number of pyridine rings is 1. The molecule has 28 heavy (non-hydrogen) atoms. The number of halogens is 2. The molecule has 1 amide bonds. The molecular formula is C20H20ClFN4O2. The molecule has 2 fully saturated rings. The number of likely N-dealkylation sites (tertiary alicyclic amines) is 1. The van der Waals surface area contributed by atoms with Gasteiger partial charge in [-0.1, -0.05) is 5.16 Å². The topological polar surface area (TPSA) is 71.3 Å². The molecule has 2 saturated heterocycles. The third-order valence-electron chi connectivity index (χ3n) is 5.66. The molecule has 5 rings (SSSR count). The van der Waals surface area contributed by atoms with Crippen molar-refractivity contribution in [2.75, 3.05) is 26.2 Å². The quantitative estimate of drug-likeness (QED) is 0.713. The zero-order valence-corrected chi connectivity index (χ0v) is 16.1. The summed E-state index contributed by atoms with van der Waals surface area (Å²) in [7, 11) is 0. The number of carbonyl (C=O) groups excluding carboxylic acids is 1. The van der Waals surface area contributed by atoms with E-state index in [1.54, 1.807) is 18.2 Å². The largest absolute Gasteiger partial charge is 0.338 e. The lowest BCUT2D eigenvalue weighted by Gasteiger charge is -2.18. The first-order valence-electron chi connectivity index (χ1n) is 9.13. The van der Waals surface area contributed by atoms with Crippen LogP contribution >= 0.6 is 12.4 Å². The van der Waals surface area contributed by atoms with Gasteiger partial charge in [0, 0.05) is 31.7 Å². The van der Waals surface area contributed by atoms with Gasteiger partial charge in [-0.25, -0.2) is 9.37 Å². The van der Waals surface area contributed by atoms with E-state index in [2.05, 4.69) is 15.5 Å². The second-order valence-corrected chi connectivity index (χ2v) is 7.40. The smallest absolute Gasteiger partial charge is 0.259 e. The Kier molecular flexibility index (Phi) is 4.81. The van der Waals surface area contributed by atoms with E-state index in [-0.39, 0.29) is 24.1 Å². The van der Waals surface area contributed by atoms with Gasteiger partial charge in [0.1, 0.15) is 5.82 Å². The summed E-state index contributed by atoms with van der Waals surface area (Å²) in [5.74, 6) is 0.702. The molecule has 2 aliphatic rings. The van der Waals surface area contributed by atoms with Crippen LogP contribution in [-0.4, -0.2) is 47.1 Å². The van der Waals surface area contributed by atoms with Crippen molar-refractivity contribution in [2.45, 2.75) is 6.92 Å². The summed E-state index contributed by atoms with van der Waals surface area (Å²) < 4.78 is 18.6. The Morgan fingerprint density at radius 3 is 2.57 bits per heavy atom. The molecule has 1 N–H and O–H groups in total. The van der Waals surface area contributed by atoms with Crippen molar-refractivity contribution in [1.29, 1.82) is 0 Å². The number of carbonyl (C=O) groups is 1. The zero-order valence-electron chi connectivity index (χ0n) is 15.3. The molecule has 0 spiro atoms. The van der Waals surface area contributed by atoms with E-state index in [4.69, 9.17) is 4.52 Å². The number of aryl methyl sites for hydroxylation is 1. The first-order valence-corrected chi connectivity index (χ1v) is 9.13. The predicted octanol–water partition coefficient (Wildman–Crippen LogP) is 3.05. The molecule has 3 aromatic rings. The summed E-state index contributed by atoms with van der Waals surface area (Å²) in [6.45, 7) is 5.26. The van der Waals surface area contributed by atoms with E-state index in [9.17, 15) is 9.18 Å². The first kappa shape index (κ1) is 18.8. The van der Waals surface area contributed by atoms with Gasteiger partial charge in [-0.05, 0) is 49.1 Å². The van der Waals surface area contributed by atoms with Gasteiger partial charge in [0.15, 0.2) is 0 Å². The number of hydrogen-bond donors (Lipinski definition) is 1. The summed E-state index contributed by atoms with van der Waals surface area (Å²) in [6, 6.07) is 7.82. The fourth-order valence-electron chi connectivity index (χ4n) is 4.22. The summed E-state index contributed by atoms with van der Waals surface area (Å²) in [4.78, 5) is 19.7. The highest BCUT2D eigenvalue weighted by Gasteiger charge is 2.39. The lowest BCUT2D eigenvalue weighted by atomic mass is 10.0. The summed E-state index contributed by atoms with van der Waals surface area (Å²) in [5.41, 5.74) is 2.82. The molecule has 2 aliphatic heterocycles. The standard InChI is InChI=1S/C20H19FN4O2.ClH/c1-11-18-16(20(26)25-9-13-7-22-8-14(13)10-25)6-17(23-19(18)27-24-11)12-2-4-15(21)5-3-12;/h2-6,13-14,22H,7-10H2,1H3;1H/t13-,14+;. The van der Waals surface area contributed by atoms with E-state index >= 15 is 0 Å². The van der Waals surface area contributed by atoms with Crippen LogP contribution in [0.1, 0.15) is 16.1 Å². The van der Waals surface area contributed by atoms with Gasteiger partial charge in [-0.15, -0.1) is 12.4 Å². The molecule has 0 unspecified atom stereocenters. The fourth-order valence-corrected chi connectivity index (χ4v) is 4.22. The molecule has 6 nitrogen and oxygen atoms in total. The highest BCUT2D eigenvalue weighted by atomic mass is 35.5. The average Bonchev–Trinajstić information content (AvgIpc) is 3.36. The number of rotatable bonds is 2. The van der Waals surface area contributed by atoms with Crippen molar-refractivity contribution < 1.29 is 13.7 Å². The molecule has 1 aromatic carbocycles. The van der Waals surface area contributed by atoms with Crippen molar-refractivity contribution in [3.63, 3.8) is 0 Å². The molecule has 8 heteroatoms. The molecule has 0 aliphatic carbocycles. The maximum absolute atomic E-state index is 13.3. The lowest BCUT2D eigenvalue weighted by molar-refractivity contribution is 0.0783. The Labute approximate surface area is 167 Å². The SMILES string of the molecule is Cc1noc2nc(-c3ccc(F)cc3)cc(C(=O)N3C[C@H]4CNC[C@H]4C3)c12.Cl. The molecular weight excluding hydrogens is 383 g/mol. The van der Waals surface area contributed by atoms with Crippen LogP contribution in [0.5, 0.6) is 0 Å². The highest BCUT2D eigenvalue weighted by Crippen LogP contribution is 2.31. The Balaban J connectivity index is 0.00000192. The summed E-state index contributed by atoms with van der Waals surface area (Å²) in [6.07, 6.45) is 0. The van der Waals surface area contributed by atoms with Gasteiger partial charge in [0.25, 0.3) is 11.6 Å². The van der Waals surface area contributed by atoms with Crippen LogP contribution < -0.4 is 5.32 Å². The summed E-state index contributed by atoms with van der Waals surface area (Å²) >= 11 is 0. The third kappa shape index (κ3) is 3.04. The van der Waals surface area contributed by atoms with Crippen LogP contribution in [0, 0.1) is 24.6 Å². The van der Waals surface area contributed by atoms with Gasteiger partial charge in [-0.2, -0.15) is 0 Å². The van der Waals surface area contributed by atoms with Crippen molar-refractivity contribution in [3.05, 3.63) is 47.4 Å². The van der Waals surface area contributed by atoms with Crippen molar-refractivity contribution in [1.82, 2.24) is 20.4 Å². The molecule has 2 aromatic heterocycles. The molecule has 0 bridgehead atoms. The van der Waals surface area contributed by atoms with Crippen LogP contribution in [0.4, 0.5) is 4.39 Å². The number of nitrogens with zero attached hydrogens (tertiary/aromatic N) is 3. The Bertz CT molecular complexity index is 1020.